The Kier molecular flexibility index (Phi) is 4.85. The number of sulfone groups is 1. The highest BCUT2D eigenvalue weighted by Crippen LogP contribution is 2.19. The van der Waals surface area contributed by atoms with Gasteiger partial charge in [0.2, 0.25) is 0 Å². The third kappa shape index (κ3) is 4.04. The first-order valence-corrected chi connectivity index (χ1v) is 9.84. The summed E-state index contributed by atoms with van der Waals surface area (Å²) in [4.78, 5) is 18.3. The molecule has 1 aliphatic heterocycles. The van der Waals surface area contributed by atoms with Gasteiger partial charge in [0.05, 0.1) is 11.5 Å². The Morgan fingerprint density at radius 3 is 2.76 bits per heavy atom. The molecule has 1 aromatic heterocycles. The van der Waals surface area contributed by atoms with E-state index in [1.165, 1.54) is 17.2 Å². The van der Waals surface area contributed by atoms with Gasteiger partial charge in [-0.05, 0) is 30.2 Å². The molecule has 0 bridgehead atoms. The summed E-state index contributed by atoms with van der Waals surface area (Å²) in [5.41, 5.74) is 1.52. The molecule has 0 saturated carbocycles. The van der Waals surface area contributed by atoms with Gasteiger partial charge in [0.15, 0.2) is 9.84 Å². The van der Waals surface area contributed by atoms with Crippen LogP contribution in [0.25, 0.3) is 0 Å². The minimum Gasteiger partial charge on any atom is -0.338 e. The lowest BCUT2D eigenvalue weighted by atomic mass is 10.1. The Labute approximate surface area is 146 Å². The van der Waals surface area contributed by atoms with Crippen LogP contribution in [0.15, 0.2) is 42.6 Å². The van der Waals surface area contributed by atoms with Crippen LogP contribution in [0.4, 0.5) is 4.39 Å². The molecule has 2 heterocycles. The quantitative estimate of drug-likeness (QED) is 0.835. The van der Waals surface area contributed by atoms with Crippen molar-refractivity contribution in [3.63, 3.8) is 0 Å². The molecule has 2 aromatic rings. The molecule has 1 saturated heterocycles. The zero-order valence-electron chi connectivity index (χ0n) is 13.9. The van der Waals surface area contributed by atoms with E-state index in [1.54, 1.807) is 37.4 Å². The first-order chi connectivity index (χ1) is 11.9. The second kappa shape index (κ2) is 6.92. The Hall–Kier alpha value is -2.28. The lowest BCUT2D eigenvalue weighted by molar-refractivity contribution is 0.0747. The Balaban J connectivity index is 1.77. The van der Waals surface area contributed by atoms with Crippen LogP contribution in [0.1, 0.15) is 28.0 Å². The van der Waals surface area contributed by atoms with Crippen LogP contribution < -0.4 is 0 Å². The van der Waals surface area contributed by atoms with Gasteiger partial charge in [-0.1, -0.05) is 18.2 Å². The number of benzene rings is 1. The lowest BCUT2D eigenvalue weighted by Gasteiger charge is -2.23. The molecular formula is C18H19FN2O3S. The number of pyridine rings is 1. The minimum absolute atomic E-state index is 0.00239. The van der Waals surface area contributed by atoms with Crippen molar-refractivity contribution in [3.8, 4) is 0 Å². The standard InChI is InChI=1S/C18H19FN2O3S/c1-21(16-7-9-25(23,24)12-16)18(22)14-6-8-20-15(11-14)10-13-4-2-3-5-17(13)19/h2-6,8,11,16H,7,9-10,12H2,1H3/t16-/m0/s1. The maximum Gasteiger partial charge on any atom is 0.253 e. The van der Waals surface area contributed by atoms with Gasteiger partial charge in [-0.2, -0.15) is 0 Å². The van der Waals surface area contributed by atoms with Crippen molar-refractivity contribution >= 4 is 15.7 Å². The summed E-state index contributed by atoms with van der Waals surface area (Å²) in [6.07, 6.45) is 2.26. The number of hydrogen-bond donors (Lipinski definition) is 0. The van der Waals surface area contributed by atoms with Crippen molar-refractivity contribution in [1.29, 1.82) is 0 Å². The molecule has 0 radical (unpaired) electrons. The van der Waals surface area contributed by atoms with Crippen LogP contribution in [0, 0.1) is 5.82 Å². The molecule has 1 amide bonds. The van der Waals surface area contributed by atoms with Crippen molar-refractivity contribution < 1.29 is 17.6 Å². The van der Waals surface area contributed by atoms with E-state index in [0.717, 1.165) is 0 Å². The van der Waals surface area contributed by atoms with Crippen LogP contribution in [0.5, 0.6) is 0 Å². The largest absolute Gasteiger partial charge is 0.338 e. The smallest absolute Gasteiger partial charge is 0.253 e. The highest BCUT2D eigenvalue weighted by atomic mass is 32.2. The predicted molar refractivity (Wildman–Crippen MR) is 92.6 cm³/mol. The van der Waals surface area contributed by atoms with Gasteiger partial charge < -0.3 is 4.90 Å². The summed E-state index contributed by atoms with van der Waals surface area (Å²) < 4.78 is 37.0. The van der Waals surface area contributed by atoms with Crippen LogP contribution in [0.2, 0.25) is 0 Å². The van der Waals surface area contributed by atoms with E-state index >= 15 is 0 Å². The van der Waals surface area contributed by atoms with E-state index in [2.05, 4.69) is 4.98 Å². The van der Waals surface area contributed by atoms with Crippen molar-refractivity contribution in [2.24, 2.45) is 0 Å². The third-order valence-electron chi connectivity index (χ3n) is 4.47. The average molecular weight is 362 g/mol. The molecule has 1 aromatic carbocycles. The molecule has 5 nitrogen and oxygen atoms in total. The number of nitrogens with zero attached hydrogens (tertiary/aromatic N) is 2. The SMILES string of the molecule is CN(C(=O)c1ccnc(Cc2ccccc2F)c1)[C@H]1CCS(=O)(=O)C1. The number of aromatic nitrogens is 1. The number of halogens is 1. The molecule has 1 aliphatic rings. The van der Waals surface area contributed by atoms with Gasteiger partial charge in [-0.25, -0.2) is 12.8 Å². The maximum absolute atomic E-state index is 13.8. The summed E-state index contributed by atoms with van der Waals surface area (Å²) >= 11 is 0. The van der Waals surface area contributed by atoms with Gasteiger partial charge in [0.1, 0.15) is 5.82 Å². The van der Waals surface area contributed by atoms with Crippen molar-refractivity contribution in [2.75, 3.05) is 18.6 Å². The summed E-state index contributed by atoms with van der Waals surface area (Å²) in [5.74, 6) is -0.444. The van der Waals surface area contributed by atoms with E-state index in [-0.39, 0.29) is 35.7 Å². The molecule has 7 heteroatoms. The Bertz CT molecular complexity index is 899. The zero-order valence-corrected chi connectivity index (χ0v) is 14.7. The molecule has 0 unspecified atom stereocenters. The Morgan fingerprint density at radius 2 is 2.08 bits per heavy atom. The number of rotatable bonds is 4. The fourth-order valence-corrected chi connectivity index (χ4v) is 4.77. The summed E-state index contributed by atoms with van der Waals surface area (Å²) in [6, 6.07) is 9.36. The lowest BCUT2D eigenvalue weighted by Crippen LogP contribution is -2.37. The first-order valence-electron chi connectivity index (χ1n) is 8.01. The summed E-state index contributed by atoms with van der Waals surface area (Å²) in [7, 11) is -1.44. The Morgan fingerprint density at radius 1 is 1.32 bits per heavy atom. The van der Waals surface area contributed by atoms with Gasteiger partial charge in [0, 0.05) is 37.0 Å². The predicted octanol–water partition coefficient (Wildman–Crippen LogP) is 2.07. The van der Waals surface area contributed by atoms with E-state index < -0.39 is 9.84 Å². The average Bonchev–Trinajstić information content (AvgIpc) is 2.96. The van der Waals surface area contributed by atoms with Gasteiger partial charge >= 0.3 is 0 Å². The number of carbonyl (C=O) groups excluding carboxylic acids is 1. The van der Waals surface area contributed by atoms with E-state index in [4.69, 9.17) is 0 Å². The molecule has 132 valence electrons. The summed E-state index contributed by atoms with van der Waals surface area (Å²) in [6.45, 7) is 0. The monoisotopic (exact) mass is 362 g/mol. The van der Waals surface area contributed by atoms with Crippen molar-refractivity contribution in [2.45, 2.75) is 18.9 Å². The van der Waals surface area contributed by atoms with Crippen molar-refractivity contribution in [3.05, 3.63) is 65.2 Å². The molecule has 0 aliphatic carbocycles. The number of carbonyl (C=O) groups is 1. The topological polar surface area (TPSA) is 67.3 Å². The highest BCUT2D eigenvalue weighted by molar-refractivity contribution is 7.91. The number of hydrogen-bond acceptors (Lipinski definition) is 4. The second-order valence-electron chi connectivity index (χ2n) is 6.28. The minimum atomic E-state index is -3.06. The molecule has 1 atom stereocenters. The van der Waals surface area contributed by atoms with E-state index in [0.29, 0.717) is 23.2 Å². The van der Waals surface area contributed by atoms with E-state index in [9.17, 15) is 17.6 Å². The van der Waals surface area contributed by atoms with Gasteiger partial charge in [-0.3, -0.25) is 9.78 Å². The molecule has 25 heavy (non-hydrogen) atoms. The van der Waals surface area contributed by atoms with Crippen LogP contribution in [-0.4, -0.2) is 48.8 Å². The van der Waals surface area contributed by atoms with Crippen LogP contribution in [0.3, 0.4) is 0 Å². The first kappa shape index (κ1) is 17.5. The van der Waals surface area contributed by atoms with E-state index in [1.807, 2.05) is 0 Å². The zero-order chi connectivity index (χ0) is 18.0. The molecular weight excluding hydrogens is 343 g/mol. The van der Waals surface area contributed by atoms with Gasteiger partial charge in [-0.15, -0.1) is 0 Å². The van der Waals surface area contributed by atoms with Crippen LogP contribution >= 0.6 is 0 Å². The van der Waals surface area contributed by atoms with Crippen molar-refractivity contribution in [1.82, 2.24) is 9.88 Å². The normalized spacial score (nSPS) is 18.9. The second-order valence-corrected chi connectivity index (χ2v) is 8.51. The fourth-order valence-electron chi connectivity index (χ4n) is 3.00. The van der Waals surface area contributed by atoms with Gasteiger partial charge in [0.25, 0.3) is 5.91 Å². The third-order valence-corrected chi connectivity index (χ3v) is 6.22. The summed E-state index contributed by atoms with van der Waals surface area (Å²) in [5, 5.41) is 0. The number of amides is 1. The molecule has 1 fully saturated rings. The maximum atomic E-state index is 13.8. The fraction of sp³-hybridized carbons (Fsp3) is 0.333. The highest BCUT2D eigenvalue weighted by Gasteiger charge is 2.33. The molecule has 3 rings (SSSR count). The molecule has 0 spiro atoms. The van der Waals surface area contributed by atoms with Crippen LogP contribution in [-0.2, 0) is 16.3 Å². The molecule has 0 N–H and O–H groups in total.